The summed E-state index contributed by atoms with van der Waals surface area (Å²) in [5.41, 5.74) is 1.32. The number of rotatable bonds is 3. The molecule has 98 valence electrons. The zero-order valence-corrected chi connectivity index (χ0v) is 10.8. The maximum atomic E-state index is 11.7. The zero-order valence-electron chi connectivity index (χ0n) is 10.8. The van der Waals surface area contributed by atoms with Crippen molar-refractivity contribution >= 4 is 22.7 Å². The standard InChI is InChI=1S/C15H14O4/c1-18-14(16)9-10-7-8-13(15(17)19-2)12-6-4-3-5-11(10)12/h3-8H,9H2,1-2H3. The van der Waals surface area contributed by atoms with Crippen LogP contribution in [0.1, 0.15) is 15.9 Å². The van der Waals surface area contributed by atoms with Crippen LogP contribution in [0.15, 0.2) is 36.4 Å². The van der Waals surface area contributed by atoms with E-state index in [4.69, 9.17) is 4.74 Å². The molecule has 0 spiro atoms. The summed E-state index contributed by atoms with van der Waals surface area (Å²) < 4.78 is 9.43. The molecule has 2 aromatic carbocycles. The van der Waals surface area contributed by atoms with E-state index in [1.165, 1.54) is 14.2 Å². The maximum absolute atomic E-state index is 11.7. The predicted octanol–water partition coefficient (Wildman–Crippen LogP) is 2.34. The molecule has 0 N–H and O–H groups in total. The summed E-state index contributed by atoms with van der Waals surface area (Å²) in [6.45, 7) is 0. The highest BCUT2D eigenvalue weighted by Gasteiger charge is 2.14. The number of carbonyl (C=O) groups excluding carboxylic acids is 2. The number of methoxy groups -OCH3 is 2. The van der Waals surface area contributed by atoms with Gasteiger partial charge in [-0.2, -0.15) is 0 Å². The van der Waals surface area contributed by atoms with Crippen LogP contribution in [0.3, 0.4) is 0 Å². The molecule has 0 amide bonds. The van der Waals surface area contributed by atoms with Crippen molar-refractivity contribution in [2.24, 2.45) is 0 Å². The average molecular weight is 258 g/mol. The number of hydrogen-bond donors (Lipinski definition) is 0. The summed E-state index contributed by atoms with van der Waals surface area (Å²) in [4.78, 5) is 23.1. The second-order valence-corrected chi connectivity index (χ2v) is 4.06. The summed E-state index contributed by atoms with van der Waals surface area (Å²) in [7, 11) is 2.70. The number of benzene rings is 2. The molecule has 0 radical (unpaired) electrons. The van der Waals surface area contributed by atoms with E-state index in [2.05, 4.69) is 4.74 Å². The summed E-state index contributed by atoms with van der Waals surface area (Å²) in [5, 5.41) is 1.63. The minimum Gasteiger partial charge on any atom is -0.469 e. The minimum absolute atomic E-state index is 0.179. The molecule has 0 aliphatic carbocycles. The van der Waals surface area contributed by atoms with Crippen molar-refractivity contribution in [1.29, 1.82) is 0 Å². The molecule has 4 nitrogen and oxygen atoms in total. The van der Waals surface area contributed by atoms with E-state index in [1.54, 1.807) is 12.1 Å². The quantitative estimate of drug-likeness (QED) is 0.793. The fourth-order valence-corrected chi connectivity index (χ4v) is 2.03. The summed E-state index contributed by atoms with van der Waals surface area (Å²) >= 11 is 0. The van der Waals surface area contributed by atoms with Crippen LogP contribution in [0, 0.1) is 0 Å². The lowest BCUT2D eigenvalue weighted by Gasteiger charge is -2.09. The Morgan fingerprint density at radius 2 is 1.63 bits per heavy atom. The van der Waals surface area contributed by atoms with E-state index in [9.17, 15) is 9.59 Å². The van der Waals surface area contributed by atoms with Gasteiger partial charge in [0.25, 0.3) is 0 Å². The van der Waals surface area contributed by atoms with Gasteiger partial charge in [0, 0.05) is 0 Å². The molecular formula is C15H14O4. The van der Waals surface area contributed by atoms with Gasteiger partial charge >= 0.3 is 11.9 Å². The molecule has 0 heterocycles. The lowest BCUT2D eigenvalue weighted by molar-refractivity contribution is -0.139. The third kappa shape index (κ3) is 2.57. The Kier molecular flexibility index (Phi) is 3.80. The molecule has 0 bridgehead atoms. The van der Waals surface area contributed by atoms with Crippen LogP contribution in [0.25, 0.3) is 10.8 Å². The molecular weight excluding hydrogens is 244 g/mol. The first kappa shape index (κ1) is 13.1. The summed E-state index contributed by atoms with van der Waals surface area (Å²) in [6.07, 6.45) is 0.179. The molecule has 4 heteroatoms. The first-order valence-electron chi connectivity index (χ1n) is 5.83. The Bertz CT molecular complexity index is 631. The summed E-state index contributed by atoms with van der Waals surface area (Å²) in [6, 6.07) is 10.8. The van der Waals surface area contributed by atoms with Crippen molar-refractivity contribution < 1.29 is 19.1 Å². The van der Waals surface area contributed by atoms with Crippen LogP contribution in [0.5, 0.6) is 0 Å². The largest absolute Gasteiger partial charge is 0.469 e. The molecule has 0 atom stereocenters. The van der Waals surface area contributed by atoms with Crippen molar-refractivity contribution in [3.05, 3.63) is 47.5 Å². The van der Waals surface area contributed by atoms with Crippen LogP contribution in [-0.2, 0) is 20.7 Å². The van der Waals surface area contributed by atoms with Crippen molar-refractivity contribution in [3.63, 3.8) is 0 Å². The second-order valence-electron chi connectivity index (χ2n) is 4.06. The lowest BCUT2D eigenvalue weighted by Crippen LogP contribution is -2.07. The van der Waals surface area contributed by atoms with E-state index < -0.39 is 0 Å². The van der Waals surface area contributed by atoms with Gasteiger partial charge in [0.15, 0.2) is 0 Å². The average Bonchev–Trinajstić information content (AvgIpc) is 2.46. The van der Waals surface area contributed by atoms with E-state index >= 15 is 0 Å². The molecule has 0 unspecified atom stereocenters. The molecule has 0 aromatic heterocycles. The van der Waals surface area contributed by atoms with Gasteiger partial charge < -0.3 is 9.47 Å². The smallest absolute Gasteiger partial charge is 0.338 e. The topological polar surface area (TPSA) is 52.6 Å². The fourth-order valence-electron chi connectivity index (χ4n) is 2.03. The number of esters is 2. The van der Waals surface area contributed by atoms with Crippen molar-refractivity contribution in [1.82, 2.24) is 0 Å². The molecule has 0 fully saturated rings. The van der Waals surface area contributed by atoms with Crippen LogP contribution in [0.2, 0.25) is 0 Å². The number of hydrogen-bond acceptors (Lipinski definition) is 4. The third-order valence-electron chi connectivity index (χ3n) is 2.98. The number of carbonyl (C=O) groups is 2. The number of ether oxygens (including phenoxy) is 2. The molecule has 0 aliphatic rings. The molecule has 0 aliphatic heterocycles. The Hall–Kier alpha value is -2.36. The number of fused-ring (bicyclic) bond motifs is 1. The Labute approximate surface area is 110 Å². The molecule has 2 aromatic rings. The van der Waals surface area contributed by atoms with Crippen molar-refractivity contribution in [2.75, 3.05) is 14.2 Å². The van der Waals surface area contributed by atoms with Gasteiger partial charge in [-0.3, -0.25) is 4.79 Å². The van der Waals surface area contributed by atoms with Gasteiger partial charge in [-0.05, 0) is 22.4 Å². The Morgan fingerprint density at radius 3 is 2.26 bits per heavy atom. The van der Waals surface area contributed by atoms with Crippen LogP contribution < -0.4 is 0 Å². The minimum atomic E-state index is -0.388. The first-order valence-corrected chi connectivity index (χ1v) is 5.83. The van der Waals surface area contributed by atoms with Crippen LogP contribution in [0.4, 0.5) is 0 Å². The van der Waals surface area contributed by atoms with Crippen molar-refractivity contribution in [3.8, 4) is 0 Å². The van der Waals surface area contributed by atoms with Crippen LogP contribution >= 0.6 is 0 Å². The van der Waals surface area contributed by atoms with Gasteiger partial charge in [-0.25, -0.2) is 4.79 Å². The highest BCUT2D eigenvalue weighted by atomic mass is 16.5. The van der Waals surface area contributed by atoms with Gasteiger partial charge in [0.05, 0.1) is 26.2 Å². The SMILES string of the molecule is COC(=O)Cc1ccc(C(=O)OC)c2ccccc12. The highest BCUT2D eigenvalue weighted by molar-refractivity contribution is 6.05. The lowest BCUT2D eigenvalue weighted by atomic mass is 9.98. The third-order valence-corrected chi connectivity index (χ3v) is 2.98. The Balaban J connectivity index is 2.58. The van der Waals surface area contributed by atoms with E-state index in [0.717, 1.165) is 16.3 Å². The molecule has 19 heavy (non-hydrogen) atoms. The second kappa shape index (κ2) is 5.52. The Morgan fingerprint density at radius 1 is 0.947 bits per heavy atom. The fraction of sp³-hybridized carbons (Fsp3) is 0.200. The maximum Gasteiger partial charge on any atom is 0.338 e. The van der Waals surface area contributed by atoms with Gasteiger partial charge in [0.1, 0.15) is 0 Å². The molecule has 0 saturated carbocycles. The normalized spacial score (nSPS) is 10.2. The molecule has 0 saturated heterocycles. The highest BCUT2D eigenvalue weighted by Crippen LogP contribution is 2.24. The van der Waals surface area contributed by atoms with Crippen molar-refractivity contribution in [2.45, 2.75) is 6.42 Å². The zero-order chi connectivity index (χ0) is 13.8. The van der Waals surface area contributed by atoms with E-state index in [0.29, 0.717) is 5.56 Å². The van der Waals surface area contributed by atoms with Crippen LogP contribution in [-0.4, -0.2) is 26.2 Å². The predicted molar refractivity (Wildman–Crippen MR) is 71.0 cm³/mol. The summed E-state index contributed by atoms with van der Waals surface area (Å²) in [5.74, 6) is -0.697. The monoisotopic (exact) mass is 258 g/mol. The van der Waals surface area contributed by atoms with Gasteiger partial charge in [0.2, 0.25) is 0 Å². The van der Waals surface area contributed by atoms with E-state index in [1.807, 2.05) is 24.3 Å². The first-order chi connectivity index (χ1) is 9.17. The van der Waals surface area contributed by atoms with E-state index in [-0.39, 0.29) is 18.4 Å². The molecule has 2 rings (SSSR count). The van der Waals surface area contributed by atoms with Gasteiger partial charge in [-0.1, -0.05) is 30.3 Å². The van der Waals surface area contributed by atoms with Gasteiger partial charge in [-0.15, -0.1) is 0 Å².